The number of benzene rings is 1. The van der Waals surface area contributed by atoms with Crippen LogP contribution in [-0.4, -0.2) is 49.2 Å². The quantitative estimate of drug-likeness (QED) is 0.584. The van der Waals surface area contributed by atoms with Crippen molar-refractivity contribution in [2.75, 3.05) is 32.0 Å². The summed E-state index contributed by atoms with van der Waals surface area (Å²) in [5, 5.41) is 0. The third-order valence-corrected chi connectivity index (χ3v) is 3.40. The monoisotopic (exact) mass is 322 g/mol. The van der Waals surface area contributed by atoms with Gasteiger partial charge in [0.1, 0.15) is 6.61 Å². The van der Waals surface area contributed by atoms with Crippen LogP contribution in [0.2, 0.25) is 0 Å². The molecule has 0 heterocycles. The number of carbonyl (C=O) groups excluding carboxylic acids is 2. The van der Waals surface area contributed by atoms with E-state index in [1.54, 1.807) is 26.0 Å². The van der Waals surface area contributed by atoms with Gasteiger partial charge in [-0.1, -0.05) is 19.9 Å². The van der Waals surface area contributed by atoms with Crippen molar-refractivity contribution in [1.29, 1.82) is 0 Å². The molecule has 0 aliphatic rings. The molecular weight excluding hydrogens is 296 g/mol. The zero-order valence-electron chi connectivity index (χ0n) is 14.3. The Morgan fingerprint density at radius 1 is 1.17 bits per heavy atom. The number of nitrogen functional groups attached to an aromatic ring is 1. The molecule has 1 aromatic carbocycles. The van der Waals surface area contributed by atoms with E-state index in [1.807, 2.05) is 13.8 Å². The van der Waals surface area contributed by atoms with E-state index in [4.69, 9.17) is 15.2 Å². The van der Waals surface area contributed by atoms with Gasteiger partial charge in [0.15, 0.2) is 0 Å². The predicted molar refractivity (Wildman–Crippen MR) is 89.5 cm³/mol. The lowest BCUT2D eigenvalue weighted by Gasteiger charge is -2.18. The molecule has 0 aromatic heterocycles. The minimum Gasteiger partial charge on any atom is -0.461 e. The molecule has 0 aliphatic carbocycles. The molecule has 2 N–H and O–H groups in total. The molecule has 0 fully saturated rings. The minimum absolute atomic E-state index is 0.0639. The largest absolute Gasteiger partial charge is 0.461 e. The van der Waals surface area contributed by atoms with Gasteiger partial charge in [0.05, 0.1) is 17.2 Å². The van der Waals surface area contributed by atoms with Crippen molar-refractivity contribution < 1.29 is 19.1 Å². The summed E-state index contributed by atoms with van der Waals surface area (Å²) in [7, 11) is 0. The van der Waals surface area contributed by atoms with Crippen molar-refractivity contribution in [3.8, 4) is 0 Å². The lowest BCUT2D eigenvalue weighted by molar-refractivity contribution is 0.0358. The first-order chi connectivity index (χ1) is 10.9. The fourth-order valence-corrected chi connectivity index (χ4v) is 2.13. The second-order valence-electron chi connectivity index (χ2n) is 5.39. The number of nitrogens with two attached hydrogens (primary N) is 1. The van der Waals surface area contributed by atoms with Crippen molar-refractivity contribution in [3.63, 3.8) is 0 Å². The van der Waals surface area contributed by atoms with Crippen LogP contribution in [0.3, 0.4) is 0 Å². The summed E-state index contributed by atoms with van der Waals surface area (Å²) in [6.07, 6.45) is -0.298. The normalized spacial score (nSPS) is 10.9. The van der Waals surface area contributed by atoms with Gasteiger partial charge in [-0.25, -0.2) is 9.59 Å². The molecule has 0 radical (unpaired) electrons. The first kappa shape index (κ1) is 19.0. The van der Waals surface area contributed by atoms with Gasteiger partial charge in [0, 0.05) is 12.2 Å². The molecule has 0 spiro atoms. The van der Waals surface area contributed by atoms with Gasteiger partial charge in [0.2, 0.25) is 0 Å². The Labute approximate surface area is 137 Å². The summed E-state index contributed by atoms with van der Waals surface area (Å²) in [5.41, 5.74) is 6.24. The highest BCUT2D eigenvalue weighted by molar-refractivity contribution is 6.06. The van der Waals surface area contributed by atoms with Crippen LogP contribution in [0.1, 0.15) is 48.4 Å². The Kier molecular flexibility index (Phi) is 7.54. The van der Waals surface area contributed by atoms with Crippen molar-refractivity contribution in [2.24, 2.45) is 0 Å². The van der Waals surface area contributed by atoms with E-state index in [-0.39, 0.29) is 29.5 Å². The highest BCUT2D eigenvalue weighted by Gasteiger charge is 2.23. The van der Waals surface area contributed by atoms with Crippen molar-refractivity contribution >= 4 is 17.6 Å². The average molecular weight is 322 g/mol. The molecule has 0 amide bonds. The van der Waals surface area contributed by atoms with Crippen molar-refractivity contribution in [2.45, 2.75) is 33.8 Å². The van der Waals surface area contributed by atoms with Gasteiger partial charge >= 0.3 is 11.9 Å². The number of esters is 2. The molecule has 0 saturated heterocycles. The van der Waals surface area contributed by atoms with Crippen LogP contribution in [0.15, 0.2) is 18.2 Å². The Hall–Kier alpha value is -2.08. The van der Waals surface area contributed by atoms with Gasteiger partial charge in [-0.2, -0.15) is 0 Å². The molecule has 23 heavy (non-hydrogen) atoms. The number of hydrogen-bond acceptors (Lipinski definition) is 6. The fourth-order valence-electron chi connectivity index (χ4n) is 2.13. The fraction of sp³-hybridized carbons (Fsp3) is 0.529. The number of anilines is 1. The molecule has 0 bridgehead atoms. The molecule has 1 aromatic rings. The highest BCUT2D eigenvalue weighted by atomic mass is 16.5. The maximum Gasteiger partial charge on any atom is 0.341 e. The van der Waals surface area contributed by atoms with E-state index < -0.39 is 11.9 Å². The average Bonchev–Trinajstić information content (AvgIpc) is 2.50. The van der Waals surface area contributed by atoms with Crippen LogP contribution in [-0.2, 0) is 9.47 Å². The third kappa shape index (κ3) is 5.56. The molecule has 0 unspecified atom stereocenters. The summed E-state index contributed by atoms with van der Waals surface area (Å²) in [4.78, 5) is 26.6. The van der Waals surface area contributed by atoms with E-state index in [9.17, 15) is 9.59 Å². The molecular formula is C17H26N2O4. The predicted octanol–water partition coefficient (Wildman–Crippen LogP) is 2.33. The lowest BCUT2D eigenvalue weighted by atomic mass is 10.1. The van der Waals surface area contributed by atoms with Gasteiger partial charge in [-0.15, -0.1) is 0 Å². The number of nitrogens with zero attached hydrogens (tertiary/aromatic N) is 1. The first-order valence-corrected chi connectivity index (χ1v) is 7.89. The topological polar surface area (TPSA) is 81.9 Å². The maximum absolute atomic E-state index is 12.3. The maximum atomic E-state index is 12.3. The zero-order valence-corrected chi connectivity index (χ0v) is 14.3. The molecule has 1 rings (SSSR count). The van der Waals surface area contributed by atoms with Crippen LogP contribution in [0.5, 0.6) is 0 Å². The summed E-state index contributed by atoms with van der Waals surface area (Å²) in [5.74, 6) is -1.19. The Bertz CT molecular complexity index is 539. The summed E-state index contributed by atoms with van der Waals surface area (Å²) < 4.78 is 10.4. The van der Waals surface area contributed by atoms with Crippen LogP contribution >= 0.6 is 0 Å². The van der Waals surface area contributed by atoms with Gasteiger partial charge in [-0.05, 0) is 39.1 Å². The first-order valence-electron chi connectivity index (χ1n) is 7.89. The van der Waals surface area contributed by atoms with E-state index in [0.29, 0.717) is 6.54 Å². The number of likely N-dealkylation sites (N-methyl/N-ethyl adjacent to an activating group) is 1. The number of rotatable bonds is 8. The Morgan fingerprint density at radius 3 is 2.39 bits per heavy atom. The van der Waals surface area contributed by atoms with Crippen LogP contribution in [0, 0.1) is 0 Å². The zero-order chi connectivity index (χ0) is 17.4. The van der Waals surface area contributed by atoms with Crippen molar-refractivity contribution in [3.05, 3.63) is 29.3 Å². The third-order valence-electron chi connectivity index (χ3n) is 3.40. The SMILES string of the molecule is CCN(CC)CCOC(=O)c1cccc(N)c1C(=O)OC(C)C. The second-order valence-corrected chi connectivity index (χ2v) is 5.39. The molecule has 0 aliphatic heterocycles. The van der Waals surface area contributed by atoms with Crippen LogP contribution < -0.4 is 5.73 Å². The lowest BCUT2D eigenvalue weighted by Crippen LogP contribution is -2.28. The number of ether oxygens (including phenoxy) is 2. The standard InChI is InChI=1S/C17H26N2O4/c1-5-19(6-2)10-11-22-16(20)13-8-7-9-14(18)15(13)17(21)23-12(3)4/h7-9,12H,5-6,10-11,18H2,1-4H3. The number of carbonyl (C=O) groups is 2. The molecule has 0 saturated carbocycles. The van der Waals surface area contributed by atoms with Crippen LogP contribution in [0.4, 0.5) is 5.69 Å². The Balaban J connectivity index is 2.84. The van der Waals surface area contributed by atoms with Gasteiger partial charge < -0.3 is 20.1 Å². The smallest absolute Gasteiger partial charge is 0.341 e. The summed E-state index contributed by atoms with van der Waals surface area (Å²) >= 11 is 0. The second kappa shape index (κ2) is 9.15. The van der Waals surface area contributed by atoms with E-state index in [1.165, 1.54) is 6.07 Å². The van der Waals surface area contributed by atoms with Gasteiger partial charge in [-0.3, -0.25) is 0 Å². The van der Waals surface area contributed by atoms with Crippen molar-refractivity contribution in [1.82, 2.24) is 4.90 Å². The minimum atomic E-state index is -0.617. The van der Waals surface area contributed by atoms with E-state index >= 15 is 0 Å². The van der Waals surface area contributed by atoms with Gasteiger partial charge in [0.25, 0.3) is 0 Å². The number of hydrogen-bond donors (Lipinski definition) is 1. The van der Waals surface area contributed by atoms with E-state index in [0.717, 1.165) is 13.1 Å². The molecule has 0 atom stereocenters. The highest BCUT2D eigenvalue weighted by Crippen LogP contribution is 2.20. The van der Waals surface area contributed by atoms with Crippen LogP contribution in [0.25, 0.3) is 0 Å². The summed E-state index contributed by atoms with van der Waals surface area (Å²) in [6.45, 7) is 10.2. The Morgan fingerprint density at radius 2 is 1.83 bits per heavy atom. The molecule has 6 nitrogen and oxygen atoms in total. The molecule has 6 heteroatoms. The van der Waals surface area contributed by atoms with E-state index in [2.05, 4.69) is 4.90 Å². The summed E-state index contributed by atoms with van der Waals surface area (Å²) in [6, 6.07) is 4.69. The molecule has 128 valence electrons.